The molecular formula is C19H25N5O2. The third-order valence-corrected chi connectivity index (χ3v) is 5.71. The number of piperidine rings is 1. The quantitative estimate of drug-likeness (QED) is 0.832. The van der Waals surface area contributed by atoms with Gasteiger partial charge in [-0.1, -0.05) is 0 Å². The summed E-state index contributed by atoms with van der Waals surface area (Å²) in [6.07, 6.45) is 7.56. The Morgan fingerprint density at radius 1 is 1.15 bits per heavy atom. The molecule has 26 heavy (non-hydrogen) atoms. The molecule has 2 aromatic heterocycles. The first kappa shape index (κ1) is 17.2. The molecular weight excluding hydrogens is 330 g/mol. The zero-order valence-electron chi connectivity index (χ0n) is 15.3. The van der Waals surface area contributed by atoms with E-state index in [0.29, 0.717) is 11.7 Å². The molecule has 2 saturated heterocycles. The number of aromatic nitrogens is 3. The number of hydrogen-bond donors (Lipinski definition) is 0. The molecule has 4 rings (SSSR count). The monoisotopic (exact) mass is 355 g/mol. The Balaban J connectivity index is 1.40. The highest BCUT2D eigenvalue weighted by Gasteiger charge is 2.44. The maximum absolute atomic E-state index is 12.7. The average Bonchev–Trinajstić information content (AvgIpc) is 3.08. The second-order valence-electron chi connectivity index (χ2n) is 7.06. The molecule has 0 spiro atoms. The van der Waals surface area contributed by atoms with Crippen LogP contribution in [0.2, 0.25) is 0 Å². The number of pyridine rings is 1. The average molecular weight is 355 g/mol. The first-order valence-electron chi connectivity index (χ1n) is 9.14. The zero-order chi connectivity index (χ0) is 18.1. The van der Waals surface area contributed by atoms with E-state index >= 15 is 0 Å². The molecule has 7 nitrogen and oxygen atoms in total. The van der Waals surface area contributed by atoms with Gasteiger partial charge in [0.2, 0.25) is 0 Å². The maximum Gasteiger partial charge on any atom is 0.272 e. The minimum atomic E-state index is 0.0764. The van der Waals surface area contributed by atoms with Gasteiger partial charge in [-0.05, 0) is 36.6 Å². The molecule has 2 aromatic rings. The van der Waals surface area contributed by atoms with Crippen molar-refractivity contribution >= 4 is 5.91 Å². The lowest BCUT2D eigenvalue weighted by atomic mass is 9.87. The fourth-order valence-electron chi connectivity index (χ4n) is 4.19. The number of carbonyl (C=O) groups excluding carboxylic acids is 1. The van der Waals surface area contributed by atoms with Crippen LogP contribution in [-0.4, -0.2) is 69.4 Å². The highest BCUT2D eigenvalue weighted by atomic mass is 16.5. The molecule has 1 amide bonds. The van der Waals surface area contributed by atoms with E-state index in [2.05, 4.69) is 27.1 Å². The molecule has 0 saturated carbocycles. The normalized spacial score (nSPS) is 24.5. The fourth-order valence-corrected chi connectivity index (χ4v) is 4.19. The van der Waals surface area contributed by atoms with Crippen LogP contribution in [0.1, 0.15) is 34.9 Å². The predicted molar refractivity (Wildman–Crippen MR) is 96.6 cm³/mol. The van der Waals surface area contributed by atoms with Crippen LogP contribution >= 0.6 is 0 Å². The molecule has 0 N–H and O–H groups in total. The van der Waals surface area contributed by atoms with Crippen molar-refractivity contribution in [3.05, 3.63) is 48.0 Å². The number of carbonyl (C=O) groups is 1. The Bertz CT molecular complexity index is 754. The van der Waals surface area contributed by atoms with E-state index < -0.39 is 0 Å². The summed E-state index contributed by atoms with van der Waals surface area (Å²) in [5, 5.41) is 4.10. The summed E-state index contributed by atoms with van der Waals surface area (Å²) in [5.74, 6) is 0.0764. The Hall–Kier alpha value is -2.25. The molecule has 138 valence electrons. The van der Waals surface area contributed by atoms with Crippen molar-refractivity contribution in [3.63, 3.8) is 0 Å². The lowest BCUT2D eigenvalue weighted by Crippen LogP contribution is -2.60. The van der Waals surface area contributed by atoms with E-state index in [1.807, 2.05) is 24.3 Å². The molecule has 2 atom stereocenters. The Kier molecular flexibility index (Phi) is 4.74. The van der Waals surface area contributed by atoms with Gasteiger partial charge in [0.1, 0.15) is 5.69 Å². The number of aryl methyl sites for hydroxylation is 1. The maximum atomic E-state index is 12.7. The smallest absolute Gasteiger partial charge is 0.272 e. The number of nitrogens with zero attached hydrogens (tertiary/aromatic N) is 5. The zero-order valence-corrected chi connectivity index (χ0v) is 15.3. The Labute approximate surface area is 153 Å². The summed E-state index contributed by atoms with van der Waals surface area (Å²) in [6.45, 7) is 2.52. The van der Waals surface area contributed by atoms with Crippen LogP contribution in [0.3, 0.4) is 0 Å². The van der Waals surface area contributed by atoms with Gasteiger partial charge in [0.15, 0.2) is 0 Å². The molecule has 0 aromatic carbocycles. The molecule has 2 fully saturated rings. The van der Waals surface area contributed by atoms with Crippen molar-refractivity contribution in [2.24, 2.45) is 7.05 Å². The van der Waals surface area contributed by atoms with Gasteiger partial charge in [0.05, 0.1) is 12.1 Å². The van der Waals surface area contributed by atoms with Crippen molar-refractivity contribution in [2.45, 2.75) is 31.0 Å². The fraction of sp³-hybridized carbons (Fsp3) is 0.526. The van der Waals surface area contributed by atoms with Crippen molar-refractivity contribution in [1.29, 1.82) is 0 Å². The molecule has 7 heteroatoms. The molecule has 0 bridgehead atoms. The molecule has 0 unspecified atom stereocenters. The van der Waals surface area contributed by atoms with E-state index in [-0.39, 0.29) is 18.1 Å². The van der Waals surface area contributed by atoms with E-state index in [1.165, 1.54) is 5.56 Å². The Morgan fingerprint density at radius 2 is 1.88 bits per heavy atom. The van der Waals surface area contributed by atoms with Crippen LogP contribution in [0, 0.1) is 0 Å². The summed E-state index contributed by atoms with van der Waals surface area (Å²) >= 11 is 0. The largest absolute Gasteiger partial charge is 0.378 e. The number of ether oxygens (including phenoxy) is 1. The third-order valence-electron chi connectivity index (χ3n) is 5.71. The van der Waals surface area contributed by atoms with Gasteiger partial charge < -0.3 is 9.64 Å². The lowest BCUT2D eigenvalue weighted by Gasteiger charge is -2.53. The summed E-state index contributed by atoms with van der Waals surface area (Å²) in [6, 6.07) is 6.70. The highest BCUT2D eigenvalue weighted by Crippen LogP contribution is 2.39. The van der Waals surface area contributed by atoms with Crippen molar-refractivity contribution in [1.82, 2.24) is 24.6 Å². The summed E-state index contributed by atoms with van der Waals surface area (Å²) < 4.78 is 7.30. The van der Waals surface area contributed by atoms with Crippen molar-refractivity contribution < 1.29 is 9.53 Å². The van der Waals surface area contributed by atoms with Gasteiger partial charge >= 0.3 is 0 Å². The van der Waals surface area contributed by atoms with E-state index in [1.54, 1.807) is 24.1 Å². The van der Waals surface area contributed by atoms with Crippen LogP contribution in [0.4, 0.5) is 0 Å². The highest BCUT2D eigenvalue weighted by molar-refractivity contribution is 5.92. The first-order chi connectivity index (χ1) is 12.7. The minimum Gasteiger partial charge on any atom is -0.378 e. The van der Waals surface area contributed by atoms with Gasteiger partial charge in [-0.2, -0.15) is 5.10 Å². The summed E-state index contributed by atoms with van der Waals surface area (Å²) in [7, 11) is 3.59. The number of hydrogen-bond acceptors (Lipinski definition) is 5. The number of methoxy groups -OCH3 is 1. The SMILES string of the molecule is CO[C@H]1CN(C2CCN(C(=O)c3ccnn3C)CC2)[C@H]1c1ccncc1. The second-order valence-corrected chi connectivity index (χ2v) is 7.06. The molecule has 0 radical (unpaired) electrons. The third kappa shape index (κ3) is 3.01. The molecule has 2 aliphatic rings. The Morgan fingerprint density at radius 3 is 2.50 bits per heavy atom. The predicted octanol–water partition coefficient (Wildman–Crippen LogP) is 1.49. The summed E-state index contributed by atoms with van der Waals surface area (Å²) in [5.41, 5.74) is 1.91. The lowest BCUT2D eigenvalue weighted by molar-refractivity contribution is -0.115. The van der Waals surface area contributed by atoms with E-state index in [9.17, 15) is 4.79 Å². The molecule has 2 aliphatic heterocycles. The molecule has 0 aliphatic carbocycles. The van der Waals surface area contributed by atoms with Crippen LogP contribution in [0.15, 0.2) is 36.8 Å². The first-order valence-corrected chi connectivity index (χ1v) is 9.14. The molecule has 4 heterocycles. The van der Waals surface area contributed by atoms with Gasteiger partial charge in [0.25, 0.3) is 5.91 Å². The number of amides is 1. The van der Waals surface area contributed by atoms with Gasteiger partial charge in [-0.15, -0.1) is 0 Å². The standard InChI is InChI=1S/C19H25N5O2/c1-22-16(5-10-21-22)19(25)23-11-6-15(7-12-23)24-13-17(26-2)18(24)14-3-8-20-9-4-14/h3-5,8-10,15,17-18H,6-7,11-13H2,1-2H3/t17-,18-/m0/s1. The van der Waals surface area contributed by atoms with Crippen LogP contribution in [-0.2, 0) is 11.8 Å². The van der Waals surface area contributed by atoms with Gasteiger partial charge in [-0.25, -0.2) is 0 Å². The van der Waals surface area contributed by atoms with Crippen molar-refractivity contribution in [2.75, 3.05) is 26.7 Å². The topological polar surface area (TPSA) is 63.5 Å². The van der Waals surface area contributed by atoms with Crippen molar-refractivity contribution in [3.8, 4) is 0 Å². The summed E-state index contributed by atoms with van der Waals surface area (Å²) in [4.78, 5) is 21.2. The van der Waals surface area contributed by atoms with E-state index in [4.69, 9.17) is 4.74 Å². The van der Waals surface area contributed by atoms with Gasteiger partial charge in [-0.3, -0.25) is 19.4 Å². The van der Waals surface area contributed by atoms with Crippen LogP contribution in [0.25, 0.3) is 0 Å². The number of rotatable bonds is 4. The second kappa shape index (κ2) is 7.17. The minimum absolute atomic E-state index is 0.0764. The van der Waals surface area contributed by atoms with Crippen LogP contribution in [0.5, 0.6) is 0 Å². The van der Waals surface area contributed by atoms with Gasteiger partial charge in [0, 0.05) is 58.4 Å². The van der Waals surface area contributed by atoms with Crippen LogP contribution < -0.4 is 0 Å². The van der Waals surface area contributed by atoms with E-state index in [0.717, 1.165) is 32.5 Å². The number of likely N-dealkylation sites (tertiary alicyclic amines) is 2.